The topological polar surface area (TPSA) is 89.5 Å². The van der Waals surface area contributed by atoms with Gasteiger partial charge in [-0.1, -0.05) is 23.4 Å². The molecule has 1 saturated heterocycles. The Bertz CT molecular complexity index is 770. The van der Waals surface area contributed by atoms with Crippen molar-refractivity contribution in [2.24, 2.45) is 11.1 Å². The molecule has 3 aliphatic rings. The number of piperidine rings is 1. The average molecular weight is 401 g/mol. The van der Waals surface area contributed by atoms with E-state index in [9.17, 15) is 9.59 Å². The second kappa shape index (κ2) is 8.31. The number of oxime groups is 1. The molecule has 1 atom stereocenters. The molecular formula is C21H27N3O5. The first-order valence-electron chi connectivity index (χ1n) is 10.2. The maximum Gasteiger partial charge on any atom is 0.413 e. The molecule has 2 amide bonds. The highest BCUT2D eigenvalue weighted by atomic mass is 16.7. The molecule has 156 valence electrons. The summed E-state index contributed by atoms with van der Waals surface area (Å²) in [7, 11) is 0. The van der Waals surface area contributed by atoms with Crippen molar-refractivity contribution in [2.75, 3.05) is 19.6 Å². The van der Waals surface area contributed by atoms with Crippen LogP contribution >= 0.6 is 0 Å². The summed E-state index contributed by atoms with van der Waals surface area (Å²) in [5.41, 5.74) is -0.494. The number of rotatable bonds is 5. The Hall–Kier alpha value is -2.77. The largest absolute Gasteiger partial charge is 0.481 e. The summed E-state index contributed by atoms with van der Waals surface area (Å²) in [5, 5.41) is 6.71. The fourth-order valence-electron chi connectivity index (χ4n) is 3.65. The van der Waals surface area contributed by atoms with Crippen molar-refractivity contribution in [1.82, 2.24) is 10.2 Å². The number of ether oxygens (including phenoxy) is 2. The molecule has 0 bridgehead atoms. The fourth-order valence-corrected chi connectivity index (χ4v) is 3.65. The van der Waals surface area contributed by atoms with Crippen LogP contribution in [0.5, 0.6) is 5.75 Å². The summed E-state index contributed by atoms with van der Waals surface area (Å²) in [5.74, 6) is 1.53. The van der Waals surface area contributed by atoms with Gasteiger partial charge in [0.15, 0.2) is 6.10 Å². The summed E-state index contributed by atoms with van der Waals surface area (Å²) < 4.78 is 11.0. The van der Waals surface area contributed by atoms with Gasteiger partial charge in [-0.05, 0) is 37.8 Å². The smallest absolute Gasteiger partial charge is 0.413 e. The van der Waals surface area contributed by atoms with E-state index in [1.54, 1.807) is 11.8 Å². The van der Waals surface area contributed by atoms with Crippen LogP contribution in [0.4, 0.5) is 4.79 Å². The zero-order valence-corrected chi connectivity index (χ0v) is 16.6. The van der Waals surface area contributed by atoms with Crippen molar-refractivity contribution in [1.29, 1.82) is 0 Å². The van der Waals surface area contributed by atoms with Crippen LogP contribution in [0.1, 0.15) is 39.0 Å². The van der Waals surface area contributed by atoms with E-state index in [0.717, 1.165) is 12.8 Å². The Kier molecular flexibility index (Phi) is 5.60. The summed E-state index contributed by atoms with van der Waals surface area (Å²) in [4.78, 5) is 32.0. The number of para-hydroxylation sites is 1. The number of nitrogens with one attached hydrogen (secondary N) is 1. The van der Waals surface area contributed by atoms with Crippen LogP contribution in [0.2, 0.25) is 0 Å². The van der Waals surface area contributed by atoms with E-state index < -0.39 is 17.8 Å². The first-order chi connectivity index (χ1) is 14.0. The van der Waals surface area contributed by atoms with E-state index in [2.05, 4.69) is 10.5 Å². The van der Waals surface area contributed by atoms with Gasteiger partial charge in [-0.2, -0.15) is 0 Å². The standard InChI is InChI=1S/C21H27N3O5/c1-15(27-17-5-3-2-4-6-17)19(25)24-11-9-21(10-12-24)13-18(23-29-21)28-20(26)22-14-16-7-8-16/h2-6,15-16H,7-14H2,1H3,(H,22,26). The Morgan fingerprint density at radius 1 is 1.28 bits per heavy atom. The second-order valence-electron chi connectivity index (χ2n) is 8.05. The minimum atomic E-state index is -0.554. The molecule has 4 rings (SSSR count). The van der Waals surface area contributed by atoms with Gasteiger partial charge in [0.2, 0.25) is 5.90 Å². The molecule has 1 aromatic rings. The van der Waals surface area contributed by atoms with E-state index in [4.69, 9.17) is 14.3 Å². The summed E-state index contributed by atoms with van der Waals surface area (Å²) in [6.45, 7) is 3.52. The zero-order valence-electron chi connectivity index (χ0n) is 16.6. The molecule has 8 heteroatoms. The van der Waals surface area contributed by atoms with Crippen molar-refractivity contribution in [3.63, 3.8) is 0 Å². The highest BCUT2D eigenvalue weighted by molar-refractivity contribution is 5.89. The Morgan fingerprint density at radius 3 is 2.69 bits per heavy atom. The summed E-state index contributed by atoms with van der Waals surface area (Å²) in [6, 6.07) is 9.32. The summed E-state index contributed by atoms with van der Waals surface area (Å²) >= 11 is 0. The van der Waals surface area contributed by atoms with Crippen molar-refractivity contribution >= 4 is 17.9 Å². The number of nitrogens with zero attached hydrogens (tertiary/aromatic N) is 2. The lowest BCUT2D eigenvalue weighted by Gasteiger charge is -2.37. The molecule has 0 aromatic heterocycles. The van der Waals surface area contributed by atoms with Crippen LogP contribution in [-0.2, 0) is 14.4 Å². The Labute approximate surface area is 170 Å². The molecule has 2 fully saturated rings. The highest BCUT2D eigenvalue weighted by Crippen LogP contribution is 2.35. The maximum absolute atomic E-state index is 12.7. The van der Waals surface area contributed by atoms with Gasteiger partial charge in [0.25, 0.3) is 5.91 Å². The van der Waals surface area contributed by atoms with Crippen LogP contribution in [-0.4, -0.2) is 54.1 Å². The third-order valence-corrected chi connectivity index (χ3v) is 5.65. The molecule has 2 aliphatic heterocycles. The normalized spacial score (nSPS) is 21.1. The minimum Gasteiger partial charge on any atom is -0.481 e. The number of benzene rings is 1. The molecule has 0 radical (unpaired) electrons. The van der Waals surface area contributed by atoms with Crippen LogP contribution in [0.15, 0.2) is 35.5 Å². The van der Waals surface area contributed by atoms with E-state index in [0.29, 0.717) is 56.5 Å². The first kappa shape index (κ1) is 19.5. The van der Waals surface area contributed by atoms with Gasteiger partial charge in [0.05, 0.1) is 6.42 Å². The number of carbonyl (C=O) groups excluding carboxylic acids is 2. The molecule has 1 aliphatic carbocycles. The zero-order chi connectivity index (χ0) is 20.3. The number of hydrogen-bond acceptors (Lipinski definition) is 6. The minimum absolute atomic E-state index is 0.0430. The van der Waals surface area contributed by atoms with E-state index >= 15 is 0 Å². The van der Waals surface area contributed by atoms with Gasteiger partial charge in [-0.25, -0.2) is 4.79 Å². The van der Waals surface area contributed by atoms with Crippen LogP contribution < -0.4 is 10.1 Å². The number of carbonyl (C=O) groups is 2. The molecular weight excluding hydrogens is 374 g/mol. The lowest BCUT2D eigenvalue weighted by atomic mass is 9.88. The van der Waals surface area contributed by atoms with Gasteiger partial charge >= 0.3 is 6.09 Å². The van der Waals surface area contributed by atoms with Crippen LogP contribution in [0.25, 0.3) is 0 Å². The monoisotopic (exact) mass is 401 g/mol. The molecule has 1 saturated carbocycles. The molecule has 1 aromatic carbocycles. The molecule has 1 N–H and O–H groups in total. The highest BCUT2D eigenvalue weighted by Gasteiger charge is 2.44. The molecule has 1 unspecified atom stereocenters. The molecule has 29 heavy (non-hydrogen) atoms. The van der Waals surface area contributed by atoms with Crippen molar-refractivity contribution in [2.45, 2.75) is 50.7 Å². The Morgan fingerprint density at radius 2 is 2.00 bits per heavy atom. The quantitative estimate of drug-likeness (QED) is 0.819. The number of amides is 2. The molecule has 1 spiro atoms. The number of alkyl carbamates (subject to hydrolysis) is 1. The summed E-state index contributed by atoms with van der Waals surface area (Å²) in [6.07, 6.45) is 3.02. The first-order valence-corrected chi connectivity index (χ1v) is 10.2. The average Bonchev–Trinajstić information content (AvgIpc) is 3.49. The van der Waals surface area contributed by atoms with Crippen LogP contribution in [0, 0.1) is 5.92 Å². The third kappa shape index (κ3) is 4.99. The maximum atomic E-state index is 12.7. The third-order valence-electron chi connectivity index (χ3n) is 5.65. The van der Waals surface area contributed by atoms with Gasteiger partial charge < -0.3 is 24.5 Å². The predicted octanol–water partition coefficient (Wildman–Crippen LogP) is 2.69. The van der Waals surface area contributed by atoms with Crippen molar-refractivity contribution in [3.05, 3.63) is 30.3 Å². The van der Waals surface area contributed by atoms with Gasteiger partial charge in [0.1, 0.15) is 11.4 Å². The van der Waals surface area contributed by atoms with E-state index in [-0.39, 0.29) is 5.91 Å². The second-order valence-corrected chi connectivity index (χ2v) is 8.05. The van der Waals surface area contributed by atoms with E-state index in [1.165, 1.54) is 0 Å². The van der Waals surface area contributed by atoms with Crippen molar-refractivity contribution in [3.8, 4) is 5.75 Å². The number of likely N-dealkylation sites (tertiary alicyclic amines) is 1. The SMILES string of the molecule is CC(Oc1ccccc1)C(=O)N1CCC2(CC1)CC(OC(=O)NCC1CC1)=NO2. The predicted molar refractivity (Wildman–Crippen MR) is 105 cm³/mol. The Balaban J connectivity index is 1.22. The lowest BCUT2D eigenvalue weighted by Crippen LogP contribution is -2.50. The lowest BCUT2D eigenvalue weighted by molar-refractivity contribution is -0.143. The van der Waals surface area contributed by atoms with Crippen molar-refractivity contribution < 1.29 is 23.9 Å². The molecule has 2 heterocycles. The van der Waals surface area contributed by atoms with Gasteiger partial charge in [0, 0.05) is 32.5 Å². The van der Waals surface area contributed by atoms with Gasteiger partial charge in [-0.3, -0.25) is 4.79 Å². The van der Waals surface area contributed by atoms with E-state index in [1.807, 2.05) is 30.3 Å². The fraction of sp³-hybridized carbons (Fsp3) is 0.571. The van der Waals surface area contributed by atoms with Gasteiger partial charge in [-0.15, -0.1) is 0 Å². The number of hydrogen-bond donors (Lipinski definition) is 1. The molecule has 8 nitrogen and oxygen atoms in total. The van der Waals surface area contributed by atoms with Crippen LogP contribution in [0.3, 0.4) is 0 Å².